The third kappa shape index (κ3) is 8.96. The van der Waals surface area contributed by atoms with Crippen LogP contribution in [0.4, 0.5) is 5.69 Å². The normalized spacial score (nSPS) is 13.9. The highest BCUT2D eigenvalue weighted by Gasteiger charge is 2.35. The summed E-state index contributed by atoms with van der Waals surface area (Å²) in [6.45, 7) is 3.73. The largest absolute Gasteiger partial charge is 0.494 e. The van der Waals surface area contributed by atoms with E-state index in [0.717, 1.165) is 46.7 Å². The molecule has 0 unspecified atom stereocenters. The van der Waals surface area contributed by atoms with Gasteiger partial charge in [0, 0.05) is 24.0 Å². The quantitative estimate of drug-likeness (QED) is 0.155. The number of sulfonamides is 1. The van der Waals surface area contributed by atoms with Gasteiger partial charge in [0.1, 0.15) is 18.3 Å². The molecule has 1 atom stereocenters. The Kier molecular flexibility index (Phi) is 11.8. The lowest BCUT2D eigenvalue weighted by molar-refractivity contribution is -0.140. The molecule has 4 aromatic carbocycles. The average Bonchev–Trinajstić information content (AvgIpc) is 3.59. The maximum Gasteiger partial charge on any atom is 0.264 e. The van der Waals surface area contributed by atoms with Crippen LogP contribution in [-0.4, -0.2) is 50.4 Å². The molecule has 1 saturated carbocycles. The number of hydrogen-bond donors (Lipinski definition) is 1. The maximum absolute atomic E-state index is 14.7. The van der Waals surface area contributed by atoms with Crippen LogP contribution in [0.1, 0.15) is 49.3 Å². The van der Waals surface area contributed by atoms with Crippen molar-refractivity contribution < 1.29 is 22.7 Å². The lowest BCUT2D eigenvalue weighted by Crippen LogP contribution is -2.54. The highest BCUT2D eigenvalue weighted by molar-refractivity contribution is 7.92. The summed E-state index contributed by atoms with van der Waals surface area (Å²) in [5.74, 6) is -0.246. The van der Waals surface area contributed by atoms with Crippen LogP contribution >= 0.6 is 11.6 Å². The molecule has 0 saturated heterocycles. The van der Waals surface area contributed by atoms with E-state index in [1.54, 1.807) is 54.6 Å². The second-order valence-corrected chi connectivity index (χ2v) is 14.4. The van der Waals surface area contributed by atoms with Crippen molar-refractivity contribution in [2.24, 2.45) is 0 Å². The number of nitrogens with one attached hydrogen (secondary N) is 1. The third-order valence-corrected chi connectivity index (χ3v) is 10.6. The molecule has 2 amide bonds. The first kappa shape index (κ1) is 35.0. The minimum Gasteiger partial charge on any atom is -0.494 e. The zero-order valence-electron chi connectivity index (χ0n) is 27.3. The molecular weight excluding hydrogens is 646 g/mol. The first-order chi connectivity index (χ1) is 23.1. The number of anilines is 1. The summed E-state index contributed by atoms with van der Waals surface area (Å²) >= 11 is 6.35. The fourth-order valence-electron chi connectivity index (χ4n) is 5.99. The topological polar surface area (TPSA) is 96.0 Å². The number of amides is 2. The SMILES string of the molecule is CCOc1ccc(S(=O)(=O)N(CC(=O)N(Cc2cccc(Cl)c2)[C@H](Cc2ccccc2)C(=O)NC2CCCC2)c2ccc(C)cc2)cc1. The van der Waals surface area contributed by atoms with Crippen LogP contribution in [0.15, 0.2) is 108 Å². The van der Waals surface area contributed by atoms with Gasteiger partial charge in [-0.1, -0.05) is 84.6 Å². The Hall–Kier alpha value is -4.34. The number of rotatable bonds is 14. The molecule has 0 heterocycles. The number of benzene rings is 4. The predicted molar refractivity (Wildman–Crippen MR) is 190 cm³/mol. The number of carbonyl (C=O) groups is 2. The van der Waals surface area contributed by atoms with Crippen molar-refractivity contribution in [3.63, 3.8) is 0 Å². The summed E-state index contributed by atoms with van der Waals surface area (Å²) in [6.07, 6.45) is 4.09. The van der Waals surface area contributed by atoms with E-state index in [2.05, 4.69) is 5.32 Å². The Labute approximate surface area is 288 Å². The van der Waals surface area contributed by atoms with Crippen LogP contribution in [-0.2, 0) is 32.6 Å². The van der Waals surface area contributed by atoms with Crippen molar-refractivity contribution in [1.82, 2.24) is 10.2 Å². The fraction of sp³-hybridized carbons (Fsp3) is 0.316. The van der Waals surface area contributed by atoms with Gasteiger partial charge < -0.3 is 15.0 Å². The molecule has 0 radical (unpaired) electrons. The van der Waals surface area contributed by atoms with Crippen LogP contribution in [0.3, 0.4) is 0 Å². The van der Waals surface area contributed by atoms with Crippen LogP contribution in [0.2, 0.25) is 5.02 Å². The van der Waals surface area contributed by atoms with E-state index in [1.807, 2.05) is 50.2 Å². The lowest BCUT2D eigenvalue weighted by Gasteiger charge is -2.34. The summed E-state index contributed by atoms with van der Waals surface area (Å²) in [4.78, 5) is 30.3. The van der Waals surface area contributed by atoms with Crippen molar-refractivity contribution in [3.8, 4) is 5.75 Å². The number of carbonyl (C=O) groups excluding carboxylic acids is 2. The van der Waals surface area contributed by atoms with Gasteiger partial charge in [-0.15, -0.1) is 0 Å². The molecule has 0 aliphatic heterocycles. The molecular formula is C38H42ClN3O5S. The van der Waals surface area contributed by atoms with Gasteiger partial charge in [0.15, 0.2) is 0 Å². The number of ether oxygens (including phenoxy) is 1. The summed E-state index contributed by atoms with van der Waals surface area (Å²) in [5, 5.41) is 3.69. The van der Waals surface area contributed by atoms with Crippen LogP contribution in [0.25, 0.3) is 0 Å². The Morgan fingerprint density at radius 2 is 1.56 bits per heavy atom. The molecule has 5 rings (SSSR count). The monoisotopic (exact) mass is 687 g/mol. The minimum absolute atomic E-state index is 0.0144. The van der Waals surface area contributed by atoms with E-state index in [-0.39, 0.29) is 29.8 Å². The Morgan fingerprint density at radius 1 is 0.896 bits per heavy atom. The lowest BCUT2D eigenvalue weighted by atomic mass is 10.0. The van der Waals surface area contributed by atoms with Gasteiger partial charge in [0.05, 0.1) is 17.2 Å². The van der Waals surface area contributed by atoms with Gasteiger partial charge in [0.25, 0.3) is 10.0 Å². The van der Waals surface area contributed by atoms with Crippen molar-refractivity contribution in [2.45, 2.75) is 69.5 Å². The first-order valence-corrected chi connectivity index (χ1v) is 18.2. The molecule has 10 heteroatoms. The Bertz CT molecular complexity index is 1780. The van der Waals surface area contributed by atoms with E-state index in [9.17, 15) is 18.0 Å². The molecule has 1 fully saturated rings. The summed E-state index contributed by atoms with van der Waals surface area (Å²) in [6, 6.07) is 28.9. The standard InChI is InChI=1S/C38H42ClN3O5S/c1-3-47-34-20-22-35(23-21-34)48(45,46)42(33-18-16-28(2)17-19-33)27-37(43)41(26-30-12-9-13-31(39)24-30)36(25-29-10-5-4-6-11-29)38(44)40-32-14-7-8-15-32/h4-6,9-13,16-24,32,36H,3,7-8,14-15,25-27H2,1-2H3,(H,40,44)/t36-/m1/s1. The van der Waals surface area contributed by atoms with E-state index >= 15 is 0 Å². The molecule has 1 N–H and O–H groups in total. The molecule has 1 aliphatic carbocycles. The van der Waals surface area contributed by atoms with Gasteiger partial charge in [0.2, 0.25) is 11.8 Å². The molecule has 252 valence electrons. The van der Waals surface area contributed by atoms with E-state index in [4.69, 9.17) is 16.3 Å². The van der Waals surface area contributed by atoms with Crippen molar-refractivity contribution in [2.75, 3.05) is 17.5 Å². The highest BCUT2D eigenvalue weighted by atomic mass is 35.5. The van der Waals surface area contributed by atoms with Crippen LogP contribution in [0.5, 0.6) is 5.75 Å². The van der Waals surface area contributed by atoms with Crippen LogP contribution in [0, 0.1) is 6.92 Å². The predicted octanol–water partition coefficient (Wildman–Crippen LogP) is 6.94. The number of aryl methyl sites for hydroxylation is 1. The summed E-state index contributed by atoms with van der Waals surface area (Å²) in [7, 11) is -4.22. The first-order valence-electron chi connectivity index (χ1n) is 16.3. The molecule has 1 aliphatic rings. The maximum atomic E-state index is 14.7. The second kappa shape index (κ2) is 16.2. The van der Waals surface area contributed by atoms with Crippen molar-refractivity contribution in [1.29, 1.82) is 0 Å². The molecule has 4 aromatic rings. The Morgan fingerprint density at radius 3 is 2.21 bits per heavy atom. The molecule has 48 heavy (non-hydrogen) atoms. The third-order valence-electron chi connectivity index (χ3n) is 8.54. The number of nitrogens with zero attached hydrogens (tertiary/aromatic N) is 2. The van der Waals surface area contributed by atoms with E-state index in [0.29, 0.717) is 23.1 Å². The number of halogens is 1. The smallest absolute Gasteiger partial charge is 0.264 e. The van der Waals surface area contributed by atoms with Gasteiger partial charge in [-0.2, -0.15) is 0 Å². The van der Waals surface area contributed by atoms with Gasteiger partial charge in [-0.25, -0.2) is 8.42 Å². The van der Waals surface area contributed by atoms with E-state index in [1.165, 1.54) is 17.0 Å². The van der Waals surface area contributed by atoms with Crippen molar-refractivity contribution in [3.05, 3.63) is 125 Å². The number of hydrogen-bond acceptors (Lipinski definition) is 5. The van der Waals surface area contributed by atoms with Gasteiger partial charge in [-0.05, 0) is 86.3 Å². The molecule has 8 nitrogen and oxygen atoms in total. The van der Waals surface area contributed by atoms with Gasteiger partial charge in [-0.3, -0.25) is 13.9 Å². The van der Waals surface area contributed by atoms with Gasteiger partial charge >= 0.3 is 0 Å². The fourth-order valence-corrected chi connectivity index (χ4v) is 7.62. The van der Waals surface area contributed by atoms with E-state index < -0.39 is 28.5 Å². The molecule has 0 spiro atoms. The Balaban J connectivity index is 1.55. The zero-order valence-corrected chi connectivity index (χ0v) is 28.9. The molecule has 0 bridgehead atoms. The average molecular weight is 688 g/mol. The minimum atomic E-state index is -4.22. The highest BCUT2D eigenvalue weighted by Crippen LogP contribution is 2.27. The zero-order chi connectivity index (χ0) is 34.1. The summed E-state index contributed by atoms with van der Waals surface area (Å²) in [5.41, 5.74) is 2.88. The summed E-state index contributed by atoms with van der Waals surface area (Å²) < 4.78 is 35.2. The van der Waals surface area contributed by atoms with Crippen molar-refractivity contribution >= 4 is 39.1 Å². The molecule has 0 aromatic heterocycles. The van der Waals surface area contributed by atoms with Crippen LogP contribution < -0.4 is 14.4 Å². The second-order valence-electron chi connectivity index (χ2n) is 12.1.